The van der Waals surface area contributed by atoms with Crippen LogP contribution in [0.2, 0.25) is 0 Å². The van der Waals surface area contributed by atoms with Crippen molar-refractivity contribution in [1.29, 1.82) is 0 Å². The number of allylic oxidation sites excluding steroid dienone is 1. The van der Waals surface area contributed by atoms with Crippen molar-refractivity contribution in [2.24, 2.45) is 0 Å². The molecule has 1 N–H and O–H groups in total. The lowest BCUT2D eigenvalue weighted by Crippen LogP contribution is -2.49. The lowest BCUT2D eigenvalue weighted by molar-refractivity contribution is -0.137. The summed E-state index contributed by atoms with van der Waals surface area (Å²) in [4.78, 5) is 13.8. The van der Waals surface area contributed by atoms with Crippen molar-refractivity contribution in [1.82, 2.24) is 10.2 Å². The Morgan fingerprint density at radius 3 is 2.81 bits per heavy atom. The number of carbonyl (C=O) groups excluding carboxylic acids is 1. The number of amides is 1. The first-order chi connectivity index (χ1) is 7.75. The summed E-state index contributed by atoms with van der Waals surface area (Å²) in [7, 11) is 0. The van der Waals surface area contributed by atoms with Crippen molar-refractivity contribution >= 4 is 5.91 Å². The summed E-state index contributed by atoms with van der Waals surface area (Å²) >= 11 is 0. The molecule has 0 aromatic rings. The monoisotopic (exact) mass is 226 g/mol. The summed E-state index contributed by atoms with van der Waals surface area (Å²) in [6.45, 7) is 7.55. The minimum Gasteiger partial charge on any atom is -0.378 e. The van der Waals surface area contributed by atoms with E-state index in [1.54, 1.807) is 0 Å². The van der Waals surface area contributed by atoms with Crippen LogP contribution in [0, 0.1) is 0 Å². The Bertz CT molecular complexity index is 235. The van der Waals surface area contributed by atoms with E-state index in [4.69, 9.17) is 4.74 Å². The molecule has 1 saturated heterocycles. The van der Waals surface area contributed by atoms with Crippen molar-refractivity contribution < 1.29 is 9.53 Å². The average molecular weight is 226 g/mol. The van der Waals surface area contributed by atoms with Gasteiger partial charge in [0.25, 0.3) is 0 Å². The largest absolute Gasteiger partial charge is 0.378 e. The van der Waals surface area contributed by atoms with Gasteiger partial charge in [-0.05, 0) is 26.8 Å². The van der Waals surface area contributed by atoms with Crippen LogP contribution in [0.15, 0.2) is 12.2 Å². The van der Waals surface area contributed by atoms with Gasteiger partial charge in [0.1, 0.15) is 0 Å². The summed E-state index contributed by atoms with van der Waals surface area (Å²) in [5.41, 5.74) is 0. The molecule has 4 nitrogen and oxygen atoms in total. The van der Waals surface area contributed by atoms with Gasteiger partial charge in [0, 0.05) is 13.1 Å². The lowest BCUT2D eigenvalue weighted by Gasteiger charge is -2.29. The van der Waals surface area contributed by atoms with Crippen molar-refractivity contribution in [3.8, 4) is 0 Å². The number of hydrogen-bond acceptors (Lipinski definition) is 3. The second-order valence-electron chi connectivity index (χ2n) is 3.97. The molecule has 0 saturated carbocycles. The lowest BCUT2D eigenvalue weighted by atomic mass is 10.2. The van der Waals surface area contributed by atoms with Crippen molar-refractivity contribution in [2.45, 2.75) is 26.3 Å². The van der Waals surface area contributed by atoms with Crippen LogP contribution in [-0.2, 0) is 9.53 Å². The fourth-order valence-electron chi connectivity index (χ4n) is 1.69. The van der Waals surface area contributed by atoms with Crippen molar-refractivity contribution in [3.63, 3.8) is 0 Å². The van der Waals surface area contributed by atoms with Gasteiger partial charge < -0.3 is 15.0 Å². The minimum atomic E-state index is -0.0941. The van der Waals surface area contributed by atoms with E-state index in [2.05, 4.69) is 11.4 Å². The molecular formula is C12H22N2O2. The Morgan fingerprint density at radius 1 is 1.50 bits per heavy atom. The maximum atomic E-state index is 12.0. The van der Waals surface area contributed by atoms with Crippen molar-refractivity contribution in [3.05, 3.63) is 12.2 Å². The SMILES string of the molecule is C/C=C/CCNC(C)C(=O)N1CCOCC1. The maximum Gasteiger partial charge on any atom is 0.239 e. The highest BCUT2D eigenvalue weighted by Crippen LogP contribution is 2.00. The Balaban J connectivity index is 2.23. The highest BCUT2D eigenvalue weighted by Gasteiger charge is 2.21. The standard InChI is InChI=1S/C12H22N2O2/c1-3-4-5-6-13-11(2)12(15)14-7-9-16-10-8-14/h3-4,11,13H,5-10H2,1-2H3/b4-3+. The van der Waals surface area contributed by atoms with Crippen LogP contribution in [0.3, 0.4) is 0 Å². The Kier molecular flexibility index (Phi) is 6.11. The Morgan fingerprint density at radius 2 is 2.19 bits per heavy atom. The zero-order valence-corrected chi connectivity index (χ0v) is 10.2. The number of carbonyl (C=O) groups is 1. The highest BCUT2D eigenvalue weighted by atomic mass is 16.5. The third-order valence-corrected chi connectivity index (χ3v) is 2.69. The van der Waals surface area contributed by atoms with E-state index >= 15 is 0 Å². The van der Waals surface area contributed by atoms with E-state index in [0.29, 0.717) is 13.2 Å². The normalized spacial score (nSPS) is 19.0. The highest BCUT2D eigenvalue weighted by molar-refractivity contribution is 5.81. The second kappa shape index (κ2) is 7.41. The predicted molar refractivity (Wildman–Crippen MR) is 64.3 cm³/mol. The quantitative estimate of drug-likeness (QED) is 0.556. The van der Waals surface area contributed by atoms with Crippen LogP contribution in [-0.4, -0.2) is 49.7 Å². The molecule has 16 heavy (non-hydrogen) atoms. The molecule has 0 aliphatic carbocycles. The van der Waals surface area contributed by atoms with E-state index in [0.717, 1.165) is 26.1 Å². The van der Waals surface area contributed by atoms with Crippen molar-refractivity contribution in [2.75, 3.05) is 32.8 Å². The van der Waals surface area contributed by atoms with Crippen LogP contribution >= 0.6 is 0 Å². The summed E-state index contributed by atoms with van der Waals surface area (Å²) in [6, 6.07) is -0.0941. The van der Waals surface area contributed by atoms with Gasteiger partial charge in [-0.3, -0.25) is 4.79 Å². The van der Waals surface area contributed by atoms with E-state index in [1.807, 2.05) is 24.8 Å². The summed E-state index contributed by atoms with van der Waals surface area (Å²) in [6.07, 6.45) is 5.09. The van der Waals surface area contributed by atoms with Crippen LogP contribution in [0.25, 0.3) is 0 Å². The van der Waals surface area contributed by atoms with Gasteiger partial charge in [0.05, 0.1) is 19.3 Å². The summed E-state index contributed by atoms with van der Waals surface area (Å²) in [5.74, 6) is 0.184. The molecule has 0 spiro atoms. The Hall–Kier alpha value is -0.870. The molecule has 1 unspecified atom stereocenters. The zero-order chi connectivity index (χ0) is 11.8. The fraction of sp³-hybridized carbons (Fsp3) is 0.750. The molecular weight excluding hydrogens is 204 g/mol. The number of morpholine rings is 1. The molecule has 1 fully saturated rings. The third kappa shape index (κ3) is 4.33. The van der Waals surface area contributed by atoms with Gasteiger partial charge in [0.2, 0.25) is 5.91 Å². The fourth-order valence-corrected chi connectivity index (χ4v) is 1.69. The molecule has 1 amide bonds. The molecule has 0 aromatic carbocycles. The van der Waals surface area contributed by atoms with E-state index in [9.17, 15) is 4.79 Å². The van der Waals surface area contributed by atoms with Gasteiger partial charge in [-0.1, -0.05) is 12.2 Å². The minimum absolute atomic E-state index is 0.0941. The third-order valence-electron chi connectivity index (χ3n) is 2.69. The van der Waals surface area contributed by atoms with Gasteiger partial charge in [-0.15, -0.1) is 0 Å². The first-order valence-electron chi connectivity index (χ1n) is 5.96. The molecule has 92 valence electrons. The number of ether oxygens (including phenoxy) is 1. The van der Waals surface area contributed by atoms with Gasteiger partial charge in [-0.2, -0.15) is 0 Å². The van der Waals surface area contributed by atoms with Gasteiger partial charge >= 0.3 is 0 Å². The maximum absolute atomic E-state index is 12.0. The molecule has 0 radical (unpaired) electrons. The van der Waals surface area contributed by atoms with Crippen LogP contribution in [0.4, 0.5) is 0 Å². The smallest absolute Gasteiger partial charge is 0.239 e. The summed E-state index contributed by atoms with van der Waals surface area (Å²) in [5, 5.41) is 3.23. The Labute approximate surface area is 97.6 Å². The van der Waals surface area contributed by atoms with E-state index in [-0.39, 0.29) is 11.9 Å². The average Bonchev–Trinajstić information content (AvgIpc) is 2.34. The van der Waals surface area contributed by atoms with Gasteiger partial charge in [-0.25, -0.2) is 0 Å². The predicted octanol–water partition coefficient (Wildman–Crippen LogP) is 0.790. The van der Waals surface area contributed by atoms with E-state index < -0.39 is 0 Å². The topological polar surface area (TPSA) is 41.6 Å². The molecule has 0 aromatic heterocycles. The van der Waals surface area contributed by atoms with Crippen LogP contribution in [0.5, 0.6) is 0 Å². The molecule has 0 bridgehead atoms. The van der Waals surface area contributed by atoms with Crippen LogP contribution in [0.1, 0.15) is 20.3 Å². The zero-order valence-electron chi connectivity index (χ0n) is 10.2. The number of hydrogen-bond donors (Lipinski definition) is 1. The second-order valence-corrected chi connectivity index (χ2v) is 3.97. The summed E-state index contributed by atoms with van der Waals surface area (Å²) < 4.78 is 5.22. The molecule has 1 atom stereocenters. The number of nitrogens with one attached hydrogen (secondary N) is 1. The van der Waals surface area contributed by atoms with Gasteiger partial charge in [0.15, 0.2) is 0 Å². The molecule has 1 heterocycles. The molecule has 1 rings (SSSR count). The number of rotatable bonds is 5. The molecule has 4 heteroatoms. The first kappa shape index (κ1) is 13.2. The first-order valence-corrected chi connectivity index (χ1v) is 5.96. The molecule has 1 aliphatic heterocycles. The molecule has 1 aliphatic rings. The number of nitrogens with zero attached hydrogens (tertiary/aromatic N) is 1. The van der Waals surface area contributed by atoms with E-state index in [1.165, 1.54) is 0 Å². The van der Waals surface area contributed by atoms with Crippen LogP contribution < -0.4 is 5.32 Å².